The Kier molecular flexibility index (Phi) is 7.86. The molecule has 2 rings (SSSR count). The number of amides is 2. The van der Waals surface area contributed by atoms with E-state index in [1.165, 1.54) is 4.90 Å². The summed E-state index contributed by atoms with van der Waals surface area (Å²) in [6, 6.07) is 1.57. The van der Waals surface area contributed by atoms with Crippen molar-refractivity contribution in [2.24, 2.45) is 11.7 Å². The van der Waals surface area contributed by atoms with E-state index in [0.29, 0.717) is 32.5 Å². The number of hydrogen-bond acceptors (Lipinski definition) is 3. The molecule has 1 heterocycles. The van der Waals surface area contributed by atoms with Gasteiger partial charge in [0.05, 0.1) is 16.5 Å². The van der Waals surface area contributed by atoms with Crippen molar-refractivity contribution in [1.82, 2.24) is 10.2 Å². The Balaban J connectivity index is 0.00000288. The van der Waals surface area contributed by atoms with Crippen LogP contribution in [0.25, 0.3) is 0 Å². The van der Waals surface area contributed by atoms with E-state index in [1.807, 2.05) is 0 Å². The molecule has 1 aliphatic heterocycles. The smallest absolute Gasteiger partial charge is 0.255 e. The predicted molar refractivity (Wildman–Crippen MR) is 89.3 cm³/mol. The zero-order chi connectivity index (χ0) is 17.0. The van der Waals surface area contributed by atoms with Crippen molar-refractivity contribution in [2.75, 3.05) is 26.2 Å². The lowest BCUT2D eigenvalue weighted by Gasteiger charge is -2.32. The second-order valence-electron chi connectivity index (χ2n) is 5.42. The van der Waals surface area contributed by atoms with Gasteiger partial charge in [0.1, 0.15) is 0 Å². The molecule has 2 amide bonds. The number of piperidine rings is 1. The quantitative estimate of drug-likeness (QED) is 0.782. The minimum absolute atomic E-state index is 0. The third kappa shape index (κ3) is 4.78. The third-order valence-corrected chi connectivity index (χ3v) is 4.08. The number of hydrogen-bond donors (Lipinski definition) is 2. The minimum Gasteiger partial charge on any atom is -0.355 e. The van der Waals surface area contributed by atoms with Crippen LogP contribution < -0.4 is 11.1 Å². The van der Waals surface area contributed by atoms with E-state index in [2.05, 4.69) is 5.32 Å². The van der Waals surface area contributed by atoms with Crippen LogP contribution in [-0.4, -0.2) is 42.9 Å². The van der Waals surface area contributed by atoms with E-state index in [4.69, 9.17) is 17.3 Å². The molecule has 0 bridgehead atoms. The third-order valence-electron chi connectivity index (χ3n) is 3.76. The fraction of sp³-hybridized carbons (Fsp3) is 0.467. The number of nitrogens with zero attached hydrogens (tertiary/aromatic N) is 1. The van der Waals surface area contributed by atoms with E-state index < -0.39 is 17.5 Å². The van der Waals surface area contributed by atoms with Crippen LogP contribution in [0.4, 0.5) is 8.78 Å². The number of benzene rings is 1. The SMILES string of the molecule is Cl.NCCNC(=O)C1CCCN(C(=O)c2cc(F)c(F)cc2Cl)C1. The molecule has 0 aromatic heterocycles. The summed E-state index contributed by atoms with van der Waals surface area (Å²) < 4.78 is 26.5. The van der Waals surface area contributed by atoms with Crippen molar-refractivity contribution in [3.8, 4) is 0 Å². The second kappa shape index (κ2) is 9.15. The maximum absolute atomic E-state index is 13.4. The number of likely N-dealkylation sites (tertiary alicyclic amines) is 1. The Morgan fingerprint density at radius 1 is 1.33 bits per heavy atom. The zero-order valence-corrected chi connectivity index (χ0v) is 14.4. The van der Waals surface area contributed by atoms with Gasteiger partial charge in [0, 0.05) is 26.2 Å². The summed E-state index contributed by atoms with van der Waals surface area (Å²) in [4.78, 5) is 25.9. The number of rotatable bonds is 4. The highest BCUT2D eigenvalue weighted by molar-refractivity contribution is 6.33. The fourth-order valence-corrected chi connectivity index (χ4v) is 2.80. The Morgan fingerprint density at radius 3 is 2.67 bits per heavy atom. The molecule has 0 saturated carbocycles. The molecule has 1 aromatic rings. The van der Waals surface area contributed by atoms with Gasteiger partial charge in [0.2, 0.25) is 5.91 Å². The summed E-state index contributed by atoms with van der Waals surface area (Å²) in [6.07, 6.45) is 1.31. The van der Waals surface area contributed by atoms with Gasteiger partial charge in [-0.15, -0.1) is 12.4 Å². The number of carbonyl (C=O) groups excluding carboxylic acids is 2. The summed E-state index contributed by atoms with van der Waals surface area (Å²) >= 11 is 5.84. The second-order valence-corrected chi connectivity index (χ2v) is 5.82. The van der Waals surface area contributed by atoms with Crippen LogP contribution in [0.3, 0.4) is 0 Å². The molecular weight excluding hydrogens is 363 g/mol. The first-order chi connectivity index (χ1) is 10.9. The van der Waals surface area contributed by atoms with Crippen molar-refractivity contribution >= 4 is 35.8 Å². The fourth-order valence-electron chi connectivity index (χ4n) is 2.57. The molecule has 0 radical (unpaired) electrons. The molecule has 1 unspecified atom stereocenters. The molecule has 1 fully saturated rings. The Labute approximate surface area is 149 Å². The molecule has 0 spiro atoms. The van der Waals surface area contributed by atoms with E-state index in [-0.39, 0.29) is 41.4 Å². The highest BCUT2D eigenvalue weighted by atomic mass is 35.5. The minimum atomic E-state index is -1.13. The summed E-state index contributed by atoms with van der Waals surface area (Å²) in [6.45, 7) is 1.36. The van der Waals surface area contributed by atoms with Crippen LogP contribution in [0.15, 0.2) is 12.1 Å². The molecule has 1 aliphatic rings. The molecule has 5 nitrogen and oxygen atoms in total. The summed E-state index contributed by atoms with van der Waals surface area (Å²) in [5.74, 6) is -3.26. The molecule has 24 heavy (non-hydrogen) atoms. The van der Waals surface area contributed by atoms with Crippen molar-refractivity contribution in [3.05, 3.63) is 34.4 Å². The lowest BCUT2D eigenvalue weighted by atomic mass is 9.96. The predicted octanol–water partition coefficient (Wildman–Crippen LogP) is 1.97. The monoisotopic (exact) mass is 381 g/mol. The molecule has 1 atom stereocenters. The van der Waals surface area contributed by atoms with Gasteiger partial charge in [0.25, 0.3) is 5.91 Å². The van der Waals surface area contributed by atoms with Gasteiger partial charge in [-0.1, -0.05) is 11.6 Å². The molecule has 1 aromatic carbocycles. The van der Waals surface area contributed by atoms with Gasteiger partial charge >= 0.3 is 0 Å². The molecule has 3 N–H and O–H groups in total. The Bertz CT molecular complexity index is 617. The van der Waals surface area contributed by atoms with Crippen LogP contribution in [-0.2, 0) is 4.79 Å². The van der Waals surface area contributed by atoms with Gasteiger partial charge in [-0.2, -0.15) is 0 Å². The van der Waals surface area contributed by atoms with Crippen LogP contribution in [0.2, 0.25) is 5.02 Å². The normalized spacial score (nSPS) is 17.2. The average Bonchev–Trinajstić information content (AvgIpc) is 2.55. The first-order valence-electron chi connectivity index (χ1n) is 7.35. The Morgan fingerprint density at radius 2 is 2.00 bits per heavy atom. The van der Waals surface area contributed by atoms with E-state index in [9.17, 15) is 18.4 Å². The molecule has 1 saturated heterocycles. The van der Waals surface area contributed by atoms with E-state index >= 15 is 0 Å². The standard InChI is InChI=1S/C15H18ClF2N3O2.ClH/c16-11-7-13(18)12(17)6-10(11)15(23)21-5-1-2-9(8-21)14(22)20-4-3-19;/h6-7,9H,1-5,8,19H2,(H,20,22);1H. The van der Waals surface area contributed by atoms with Crippen LogP contribution in [0.5, 0.6) is 0 Å². The van der Waals surface area contributed by atoms with Gasteiger partial charge in [-0.25, -0.2) is 8.78 Å². The van der Waals surface area contributed by atoms with Gasteiger partial charge in [-0.05, 0) is 25.0 Å². The summed E-state index contributed by atoms with van der Waals surface area (Å²) in [5, 5.41) is 2.54. The largest absolute Gasteiger partial charge is 0.355 e. The van der Waals surface area contributed by atoms with Crippen molar-refractivity contribution in [2.45, 2.75) is 12.8 Å². The van der Waals surface area contributed by atoms with Gasteiger partial charge < -0.3 is 16.0 Å². The lowest BCUT2D eigenvalue weighted by Crippen LogP contribution is -2.46. The number of carbonyl (C=O) groups is 2. The molecule has 134 valence electrons. The Hall–Kier alpha value is -1.44. The maximum Gasteiger partial charge on any atom is 0.255 e. The van der Waals surface area contributed by atoms with E-state index in [1.54, 1.807) is 0 Å². The average molecular weight is 382 g/mol. The van der Waals surface area contributed by atoms with Gasteiger partial charge in [0.15, 0.2) is 11.6 Å². The maximum atomic E-state index is 13.4. The number of nitrogens with one attached hydrogen (secondary N) is 1. The van der Waals surface area contributed by atoms with Crippen molar-refractivity contribution < 1.29 is 18.4 Å². The summed E-state index contributed by atoms with van der Waals surface area (Å²) in [7, 11) is 0. The topological polar surface area (TPSA) is 75.4 Å². The zero-order valence-electron chi connectivity index (χ0n) is 12.9. The first kappa shape index (κ1) is 20.6. The molecule has 0 aliphatic carbocycles. The highest BCUT2D eigenvalue weighted by Gasteiger charge is 2.30. The lowest BCUT2D eigenvalue weighted by molar-refractivity contribution is -0.126. The first-order valence-corrected chi connectivity index (χ1v) is 7.73. The van der Waals surface area contributed by atoms with Crippen molar-refractivity contribution in [3.63, 3.8) is 0 Å². The molecular formula is C15H19Cl2F2N3O2. The summed E-state index contributed by atoms with van der Waals surface area (Å²) in [5.41, 5.74) is 5.24. The van der Waals surface area contributed by atoms with Crippen molar-refractivity contribution in [1.29, 1.82) is 0 Å². The van der Waals surface area contributed by atoms with Crippen LogP contribution >= 0.6 is 24.0 Å². The van der Waals surface area contributed by atoms with Gasteiger partial charge in [-0.3, -0.25) is 9.59 Å². The molecule has 9 heteroatoms. The highest BCUT2D eigenvalue weighted by Crippen LogP contribution is 2.24. The number of nitrogens with two attached hydrogens (primary N) is 1. The number of halogens is 4. The van der Waals surface area contributed by atoms with Crippen LogP contribution in [0, 0.1) is 17.6 Å². The van der Waals surface area contributed by atoms with Crippen LogP contribution in [0.1, 0.15) is 23.2 Å². The van der Waals surface area contributed by atoms with E-state index in [0.717, 1.165) is 12.1 Å².